The molecule has 1 aromatic heterocycles. The molecule has 0 saturated heterocycles. The molecule has 124 valence electrons. The summed E-state index contributed by atoms with van der Waals surface area (Å²) in [6, 6.07) is 6.50. The van der Waals surface area contributed by atoms with Gasteiger partial charge in [0.05, 0.1) is 6.54 Å². The van der Waals surface area contributed by atoms with Crippen LogP contribution in [0.15, 0.2) is 28.7 Å². The summed E-state index contributed by atoms with van der Waals surface area (Å²) in [4.78, 5) is 34.6. The number of carboxylic acids is 1. The molecule has 1 aromatic carbocycles. The second-order valence-corrected chi connectivity index (χ2v) is 5.59. The van der Waals surface area contributed by atoms with E-state index in [9.17, 15) is 14.4 Å². The van der Waals surface area contributed by atoms with E-state index in [1.807, 2.05) is 0 Å². The molecule has 0 aliphatic carbocycles. The fraction of sp³-hybridized carbons (Fsp3) is 0.235. The lowest BCUT2D eigenvalue weighted by atomic mass is 10.00. The number of benzene rings is 1. The normalized spacial score (nSPS) is 13.1. The van der Waals surface area contributed by atoms with Crippen molar-refractivity contribution < 1.29 is 23.9 Å². The summed E-state index contributed by atoms with van der Waals surface area (Å²) in [5.41, 5.74) is 2.22. The van der Waals surface area contributed by atoms with Crippen LogP contribution < -0.4 is 10.6 Å². The third-order valence-corrected chi connectivity index (χ3v) is 3.89. The number of amides is 2. The topological polar surface area (TPSA) is 109 Å². The molecular weight excluding hydrogens is 312 g/mol. The Morgan fingerprint density at radius 3 is 2.79 bits per heavy atom. The predicted molar refractivity (Wildman–Crippen MR) is 85.0 cm³/mol. The number of carbonyl (C=O) groups excluding carboxylic acids is 2. The van der Waals surface area contributed by atoms with Crippen molar-refractivity contribution in [2.75, 3.05) is 5.32 Å². The van der Waals surface area contributed by atoms with Crippen LogP contribution in [0, 0.1) is 6.92 Å². The number of nitrogens with one attached hydrogen (secondary N) is 2. The summed E-state index contributed by atoms with van der Waals surface area (Å²) in [6.45, 7) is 1.66. The number of furan rings is 1. The lowest BCUT2D eigenvalue weighted by Crippen LogP contribution is -2.24. The maximum Gasteiger partial charge on any atom is 0.339 e. The Hall–Kier alpha value is -3.09. The Morgan fingerprint density at radius 1 is 1.29 bits per heavy atom. The summed E-state index contributed by atoms with van der Waals surface area (Å²) in [7, 11) is 0. The van der Waals surface area contributed by atoms with Crippen LogP contribution in [-0.4, -0.2) is 22.9 Å². The van der Waals surface area contributed by atoms with Gasteiger partial charge in [0.25, 0.3) is 5.91 Å². The quantitative estimate of drug-likeness (QED) is 0.796. The van der Waals surface area contributed by atoms with Gasteiger partial charge in [0.1, 0.15) is 17.1 Å². The van der Waals surface area contributed by atoms with Crippen LogP contribution in [0.4, 0.5) is 5.69 Å². The van der Waals surface area contributed by atoms with Crippen molar-refractivity contribution in [1.82, 2.24) is 5.32 Å². The van der Waals surface area contributed by atoms with Crippen LogP contribution in [0.1, 0.15) is 44.2 Å². The minimum atomic E-state index is -1.06. The second kappa shape index (κ2) is 6.19. The molecule has 2 aromatic rings. The fourth-order valence-electron chi connectivity index (χ4n) is 2.64. The minimum Gasteiger partial charge on any atom is -0.478 e. The number of aromatic carboxylic acids is 1. The summed E-state index contributed by atoms with van der Waals surface area (Å²) in [5, 5.41) is 14.4. The zero-order valence-electron chi connectivity index (χ0n) is 13.0. The molecule has 0 bridgehead atoms. The van der Waals surface area contributed by atoms with E-state index in [1.54, 1.807) is 25.1 Å². The van der Waals surface area contributed by atoms with Crippen LogP contribution in [0.3, 0.4) is 0 Å². The molecule has 24 heavy (non-hydrogen) atoms. The largest absolute Gasteiger partial charge is 0.478 e. The molecule has 7 nitrogen and oxygen atoms in total. The smallest absolute Gasteiger partial charge is 0.339 e. The van der Waals surface area contributed by atoms with Gasteiger partial charge < -0.3 is 20.2 Å². The van der Waals surface area contributed by atoms with Gasteiger partial charge in [-0.1, -0.05) is 0 Å². The summed E-state index contributed by atoms with van der Waals surface area (Å²) in [5.74, 6) is -0.701. The van der Waals surface area contributed by atoms with E-state index in [0.29, 0.717) is 29.9 Å². The van der Waals surface area contributed by atoms with E-state index in [1.165, 1.54) is 6.07 Å². The van der Waals surface area contributed by atoms with Crippen molar-refractivity contribution in [1.29, 1.82) is 0 Å². The van der Waals surface area contributed by atoms with Gasteiger partial charge in [-0.15, -0.1) is 0 Å². The van der Waals surface area contributed by atoms with Crippen molar-refractivity contribution in [2.45, 2.75) is 26.3 Å². The molecule has 0 atom stereocenters. The van der Waals surface area contributed by atoms with Gasteiger partial charge in [0.2, 0.25) is 5.91 Å². The maximum absolute atomic E-state index is 12.2. The van der Waals surface area contributed by atoms with E-state index in [0.717, 1.165) is 11.3 Å². The SMILES string of the molecule is Cc1oc(CNC(=O)c2ccc3c(c2)CCC(=O)N3)cc1C(=O)O. The van der Waals surface area contributed by atoms with Gasteiger partial charge in [0, 0.05) is 17.7 Å². The highest BCUT2D eigenvalue weighted by Crippen LogP contribution is 2.23. The summed E-state index contributed by atoms with van der Waals surface area (Å²) in [6.07, 6.45) is 1.00. The van der Waals surface area contributed by atoms with E-state index in [-0.39, 0.29) is 23.9 Å². The van der Waals surface area contributed by atoms with E-state index in [2.05, 4.69) is 10.6 Å². The minimum absolute atomic E-state index is 0.0258. The molecule has 1 aliphatic heterocycles. The Balaban J connectivity index is 1.68. The Morgan fingerprint density at radius 2 is 2.08 bits per heavy atom. The highest BCUT2D eigenvalue weighted by atomic mass is 16.4. The highest BCUT2D eigenvalue weighted by Gasteiger charge is 2.17. The van der Waals surface area contributed by atoms with Crippen molar-refractivity contribution in [2.24, 2.45) is 0 Å². The van der Waals surface area contributed by atoms with E-state index in [4.69, 9.17) is 9.52 Å². The van der Waals surface area contributed by atoms with Gasteiger partial charge in [0.15, 0.2) is 0 Å². The zero-order chi connectivity index (χ0) is 17.3. The van der Waals surface area contributed by atoms with Crippen LogP contribution in [-0.2, 0) is 17.8 Å². The van der Waals surface area contributed by atoms with Crippen molar-refractivity contribution >= 4 is 23.5 Å². The molecule has 0 saturated carbocycles. The monoisotopic (exact) mass is 328 g/mol. The Labute approximate surface area is 137 Å². The average molecular weight is 328 g/mol. The number of carboxylic acid groups (broad SMARTS) is 1. The number of fused-ring (bicyclic) bond motifs is 1. The number of anilines is 1. The summed E-state index contributed by atoms with van der Waals surface area (Å²) >= 11 is 0. The third-order valence-electron chi connectivity index (χ3n) is 3.89. The van der Waals surface area contributed by atoms with E-state index >= 15 is 0 Å². The molecule has 3 rings (SSSR count). The van der Waals surface area contributed by atoms with Crippen LogP contribution in [0.25, 0.3) is 0 Å². The average Bonchev–Trinajstić information content (AvgIpc) is 2.93. The standard InChI is InChI=1S/C17H16N2O5/c1-9-13(17(22)23)7-12(24-9)8-18-16(21)11-2-4-14-10(6-11)3-5-15(20)19-14/h2,4,6-7H,3,5,8H2,1H3,(H,18,21)(H,19,20)(H,22,23). The number of aryl methyl sites for hydroxylation is 2. The van der Waals surface area contributed by atoms with E-state index < -0.39 is 5.97 Å². The van der Waals surface area contributed by atoms with Gasteiger partial charge >= 0.3 is 5.97 Å². The second-order valence-electron chi connectivity index (χ2n) is 5.59. The van der Waals surface area contributed by atoms with Crippen molar-refractivity contribution in [3.8, 4) is 0 Å². The first-order valence-corrected chi connectivity index (χ1v) is 7.47. The molecule has 1 aliphatic rings. The van der Waals surface area contributed by atoms with Crippen molar-refractivity contribution in [3.05, 3.63) is 52.5 Å². The molecule has 3 N–H and O–H groups in total. The van der Waals surface area contributed by atoms with Gasteiger partial charge in [-0.3, -0.25) is 9.59 Å². The number of carbonyl (C=O) groups is 3. The maximum atomic E-state index is 12.2. The van der Waals surface area contributed by atoms with Gasteiger partial charge in [-0.05, 0) is 43.2 Å². The van der Waals surface area contributed by atoms with Gasteiger partial charge in [-0.2, -0.15) is 0 Å². The summed E-state index contributed by atoms with van der Waals surface area (Å²) < 4.78 is 5.32. The van der Waals surface area contributed by atoms with Crippen LogP contribution >= 0.6 is 0 Å². The van der Waals surface area contributed by atoms with Gasteiger partial charge in [-0.25, -0.2) is 4.79 Å². The lowest BCUT2D eigenvalue weighted by molar-refractivity contribution is -0.116. The van der Waals surface area contributed by atoms with Crippen LogP contribution in [0.2, 0.25) is 0 Å². The first-order chi connectivity index (χ1) is 11.4. The predicted octanol–water partition coefficient (Wildman–Crippen LogP) is 2.10. The third kappa shape index (κ3) is 3.15. The Kier molecular flexibility index (Phi) is 4.07. The number of rotatable bonds is 4. The lowest BCUT2D eigenvalue weighted by Gasteiger charge is -2.17. The molecule has 7 heteroatoms. The first-order valence-electron chi connectivity index (χ1n) is 7.47. The zero-order valence-corrected chi connectivity index (χ0v) is 13.0. The Bertz CT molecular complexity index is 838. The molecule has 0 radical (unpaired) electrons. The number of hydrogen-bond donors (Lipinski definition) is 3. The molecular formula is C17H16N2O5. The highest BCUT2D eigenvalue weighted by molar-refractivity contribution is 5.98. The van der Waals surface area contributed by atoms with Crippen molar-refractivity contribution in [3.63, 3.8) is 0 Å². The molecule has 0 fully saturated rings. The molecule has 0 spiro atoms. The molecule has 0 unspecified atom stereocenters. The van der Waals surface area contributed by atoms with Crippen LogP contribution in [0.5, 0.6) is 0 Å². The number of hydrogen-bond acceptors (Lipinski definition) is 4. The first kappa shape index (κ1) is 15.8. The molecule has 2 amide bonds. The fourth-order valence-corrected chi connectivity index (χ4v) is 2.64. The molecule has 2 heterocycles.